The highest BCUT2D eigenvalue weighted by atomic mass is 19.1. The molecule has 1 aliphatic rings. The van der Waals surface area contributed by atoms with E-state index in [1.165, 1.54) is 6.07 Å². The summed E-state index contributed by atoms with van der Waals surface area (Å²) in [6.07, 6.45) is 0. The molecule has 1 aromatic rings. The smallest absolute Gasteiger partial charge is 0.128 e. The number of benzene rings is 1. The van der Waals surface area contributed by atoms with Gasteiger partial charge in [0.25, 0.3) is 0 Å². The number of morpholine rings is 1. The summed E-state index contributed by atoms with van der Waals surface area (Å²) >= 11 is 0. The second-order valence-corrected chi connectivity index (χ2v) is 3.25. The van der Waals surface area contributed by atoms with Gasteiger partial charge in [-0.05, 0) is 18.2 Å². The van der Waals surface area contributed by atoms with E-state index in [-0.39, 0.29) is 6.04 Å². The molecule has 0 bridgehead atoms. The molecule has 0 aromatic heterocycles. The van der Waals surface area contributed by atoms with Crippen LogP contribution in [0.3, 0.4) is 0 Å². The molecule has 1 aromatic carbocycles. The molecule has 2 rings (SSSR count). The highest BCUT2D eigenvalue weighted by Crippen LogP contribution is 2.20. The van der Waals surface area contributed by atoms with Crippen molar-refractivity contribution in [3.8, 4) is 0 Å². The monoisotopic (exact) mass is 199 g/mol. The minimum Gasteiger partial charge on any atom is -0.378 e. The average molecular weight is 199 g/mol. The fourth-order valence-corrected chi connectivity index (χ4v) is 1.55. The van der Waals surface area contributed by atoms with Crippen molar-refractivity contribution in [2.24, 2.45) is 0 Å². The van der Waals surface area contributed by atoms with E-state index in [2.05, 4.69) is 5.32 Å². The number of halogens is 2. The summed E-state index contributed by atoms with van der Waals surface area (Å²) in [6.45, 7) is 1.68. The van der Waals surface area contributed by atoms with Crippen LogP contribution >= 0.6 is 0 Å². The summed E-state index contributed by atoms with van der Waals surface area (Å²) in [4.78, 5) is 0. The molecule has 0 radical (unpaired) electrons. The molecular weight excluding hydrogens is 188 g/mol. The molecule has 0 unspecified atom stereocenters. The molecule has 1 aliphatic heterocycles. The van der Waals surface area contributed by atoms with Gasteiger partial charge >= 0.3 is 0 Å². The standard InChI is InChI=1S/C10H11F2NO/c11-7-1-2-9(12)8(5-7)10-6-14-4-3-13-10/h1-2,5,10,13H,3-4,6H2/t10-/m1/s1. The third kappa shape index (κ3) is 1.91. The molecule has 2 nitrogen and oxygen atoms in total. The quantitative estimate of drug-likeness (QED) is 0.742. The number of rotatable bonds is 1. The lowest BCUT2D eigenvalue weighted by Crippen LogP contribution is -2.35. The van der Waals surface area contributed by atoms with Gasteiger partial charge < -0.3 is 10.1 Å². The molecule has 0 saturated carbocycles. The Morgan fingerprint density at radius 2 is 2.21 bits per heavy atom. The Balaban J connectivity index is 2.24. The van der Waals surface area contributed by atoms with Gasteiger partial charge in [0, 0.05) is 12.1 Å². The maximum atomic E-state index is 13.3. The minimum atomic E-state index is -0.422. The zero-order chi connectivity index (χ0) is 9.97. The van der Waals surface area contributed by atoms with E-state index in [4.69, 9.17) is 4.74 Å². The van der Waals surface area contributed by atoms with Crippen LogP contribution in [0, 0.1) is 11.6 Å². The highest BCUT2D eigenvalue weighted by Gasteiger charge is 2.18. The predicted octanol–water partition coefficient (Wildman–Crippen LogP) is 1.63. The van der Waals surface area contributed by atoms with Crippen molar-refractivity contribution in [1.29, 1.82) is 0 Å². The van der Waals surface area contributed by atoms with Crippen molar-refractivity contribution >= 4 is 0 Å². The van der Waals surface area contributed by atoms with Gasteiger partial charge in [0.15, 0.2) is 0 Å². The van der Waals surface area contributed by atoms with Gasteiger partial charge in [-0.15, -0.1) is 0 Å². The molecule has 4 heteroatoms. The molecule has 0 spiro atoms. The Morgan fingerprint density at radius 3 is 2.93 bits per heavy atom. The van der Waals surface area contributed by atoms with Gasteiger partial charge in [-0.1, -0.05) is 0 Å². The molecule has 1 atom stereocenters. The van der Waals surface area contributed by atoms with E-state index in [0.717, 1.165) is 12.1 Å². The SMILES string of the molecule is Fc1ccc(F)c([C@H]2COCCN2)c1. The van der Waals surface area contributed by atoms with Crippen LogP contribution in [0.25, 0.3) is 0 Å². The second kappa shape index (κ2) is 4.02. The van der Waals surface area contributed by atoms with Gasteiger partial charge in [0.2, 0.25) is 0 Å². The fraction of sp³-hybridized carbons (Fsp3) is 0.400. The van der Waals surface area contributed by atoms with Crippen LogP contribution in [0.2, 0.25) is 0 Å². The molecule has 1 saturated heterocycles. The Labute approximate surface area is 80.9 Å². The van der Waals surface area contributed by atoms with Gasteiger partial charge in [0.1, 0.15) is 11.6 Å². The molecule has 1 fully saturated rings. The summed E-state index contributed by atoms with van der Waals surface area (Å²) in [5, 5.41) is 3.07. The van der Waals surface area contributed by atoms with E-state index >= 15 is 0 Å². The van der Waals surface area contributed by atoms with E-state index in [0.29, 0.717) is 25.3 Å². The third-order valence-electron chi connectivity index (χ3n) is 2.26. The summed E-state index contributed by atoms with van der Waals surface area (Å²) in [6, 6.07) is 3.23. The zero-order valence-electron chi connectivity index (χ0n) is 7.59. The summed E-state index contributed by atoms with van der Waals surface area (Å²) < 4.78 is 31.3. The topological polar surface area (TPSA) is 21.3 Å². The van der Waals surface area contributed by atoms with Crippen LogP contribution in [0.4, 0.5) is 8.78 Å². The minimum absolute atomic E-state index is 0.237. The summed E-state index contributed by atoms with van der Waals surface area (Å²) in [5.74, 6) is -0.817. The molecule has 1 heterocycles. The Bertz CT molecular complexity index is 324. The lowest BCUT2D eigenvalue weighted by atomic mass is 10.1. The molecule has 0 aliphatic carbocycles. The van der Waals surface area contributed by atoms with Crippen molar-refractivity contribution in [2.45, 2.75) is 6.04 Å². The summed E-state index contributed by atoms with van der Waals surface area (Å²) in [5.41, 5.74) is 0.338. The van der Waals surface area contributed by atoms with Crippen molar-refractivity contribution in [1.82, 2.24) is 5.32 Å². The Kier molecular flexibility index (Phi) is 2.74. The van der Waals surface area contributed by atoms with Crippen LogP contribution in [0.1, 0.15) is 11.6 Å². The number of hydrogen-bond acceptors (Lipinski definition) is 2. The van der Waals surface area contributed by atoms with E-state index in [1.54, 1.807) is 0 Å². The average Bonchev–Trinajstić information content (AvgIpc) is 2.23. The zero-order valence-corrected chi connectivity index (χ0v) is 7.59. The van der Waals surface area contributed by atoms with Crippen LogP contribution in [0.5, 0.6) is 0 Å². The van der Waals surface area contributed by atoms with Crippen LogP contribution in [0.15, 0.2) is 18.2 Å². The van der Waals surface area contributed by atoms with Crippen molar-refractivity contribution in [3.05, 3.63) is 35.4 Å². The lowest BCUT2D eigenvalue weighted by Gasteiger charge is -2.24. The van der Waals surface area contributed by atoms with Gasteiger partial charge in [-0.25, -0.2) is 8.78 Å². The van der Waals surface area contributed by atoms with E-state index in [1.807, 2.05) is 0 Å². The second-order valence-electron chi connectivity index (χ2n) is 3.25. The Hall–Kier alpha value is -1.00. The van der Waals surface area contributed by atoms with Crippen LogP contribution < -0.4 is 5.32 Å². The van der Waals surface area contributed by atoms with Gasteiger partial charge in [-0.2, -0.15) is 0 Å². The summed E-state index contributed by atoms with van der Waals surface area (Å²) in [7, 11) is 0. The lowest BCUT2D eigenvalue weighted by molar-refractivity contribution is 0.0756. The van der Waals surface area contributed by atoms with Crippen molar-refractivity contribution in [3.63, 3.8) is 0 Å². The van der Waals surface area contributed by atoms with Gasteiger partial charge in [0.05, 0.1) is 19.3 Å². The first kappa shape index (κ1) is 9.55. The van der Waals surface area contributed by atoms with Crippen molar-refractivity contribution < 1.29 is 13.5 Å². The molecular formula is C10H11F2NO. The maximum absolute atomic E-state index is 13.3. The third-order valence-corrected chi connectivity index (χ3v) is 2.26. The normalized spacial score (nSPS) is 22.3. The Morgan fingerprint density at radius 1 is 1.36 bits per heavy atom. The molecule has 76 valence electrons. The number of nitrogens with one attached hydrogen (secondary N) is 1. The molecule has 1 N–H and O–H groups in total. The highest BCUT2D eigenvalue weighted by molar-refractivity contribution is 5.22. The van der Waals surface area contributed by atoms with E-state index in [9.17, 15) is 8.78 Å². The maximum Gasteiger partial charge on any atom is 0.128 e. The van der Waals surface area contributed by atoms with Crippen molar-refractivity contribution in [2.75, 3.05) is 19.8 Å². The fourth-order valence-electron chi connectivity index (χ4n) is 1.55. The number of hydrogen-bond donors (Lipinski definition) is 1. The largest absolute Gasteiger partial charge is 0.378 e. The first-order chi connectivity index (χ1) is 6.77. The molecule has 0 amide bonds. The van der Waals surface area contributed by atoms with E-state index < -0.39 is 11.6 Å². The first-order valence-corrected chi connectivity index (χ1v) is 4.53. The van der Waals surface area contributed by atoms with Crippen LogP contribution in [-0.2, 0) is 4.74 Å². The number of ether oxygens (including phenoxy) is 1. The first-order valence-electron chi connectivity index (χ1n) is 4.53. The van der Waals surface area contributed by atoms with Gasteiger partial charge in [-0.3, -0.25) is 0 Å². The predicted molar refractivity (Wildman–Crippen MR) is 47.9 cm³/mol. The van der Waals surface area contributed by atoms with Crippen LogP contribution in [-0.4, -0.2) is 19.8 Å². The molecule has 14 heavy (non-hydrogen) atoms.